The van der Waals surface area contributed by atoms with Gasteiger partial charge in [-0.3, -0.25) is 0 Å². The second-order valence-corrected chi connectivity index (χ2v) is 2.57. The van der Waals surface area contributed by atoms with Crippen LogP contribution in [0.15, 0.2) is 0 Å². The van der Waals surface area contributed by atoms with Crippen LogP contribution in [-0.4, -0.2) is 63.9 Å². The Morgan fingerprint density at radius 2 is 1.00 bits per heavy atom. The first-order valence-corrected chi connectivity index (χ1v) is 5.38. The standard InChI is InChI=1S/C2H6O2.2CH3.Al.3B.H/c3-1-2-4;;;;;;;/h3-4H,1-2H2;2*1H3;;;;;. The van der Waals surface area contributed by atoms with Crippen LogP contribution in [0, 0.1) is 0 Å². The fraction of sp³-hybridized carbons (Fsp3) is 1.00. The van der Waals surface area contributed by atoms with Crippen LogP contribution in [0.1, 0.15) is 0 Å². The molecule has 2 nitrogen and oxygen atoms in total. The molecule has 0 aromatic heterocycles. The maximum atomic E-state index is 7.62. The Bertz CT molecular complexity index is 26.0. The van der Waals surface area contributed by atoms with Gasteiger partial charge in [0.15, 0.2) is 0 Å². The van der Waals surface area contributed by atoms with Crippen LogP contribution in [0.25, 0.3) is 0 Å². The minimum atomic E-state index is -0.125. The summed E-state index contributed by atoms with van der Waals surface area (Å²) in [4.78, 5) is 0. The van der Waals surface area contributed by atoms with Gasteiger partial charge >= 0.3 is 0 Å². The molecule has 0 fully saturated rings. The number of aliphatic hydroxyl groups excluding tert-OH is 2. The molecule has 53 valence electrons. The van der Waals surface area contributed by atoms with Crippen molar-refractivity contribution in [1.82, 2.24) is 0 Å². The molecule has 0 aliphatic heterocycles. The molecule has 0 amide bonds. The molecule has 0 heterocycles. The lowest BCUT2D eigenvalue weighted by atomic mass is 10.8. The lowest BCUT2D eigenvalue weighted by Crippen LogP contribution is -1.85. The summed E-state index contributed by atoms with van der Waals surface area (Å²) in [6.07, 6.45) is 0. The van der Waals surface area contributed by atoms with Crippen molar-refractivity contribution in [2.75, 3.05) is 13.2 Å². The summed E-state index contributed by atoms with van der Waals surface area (Å²) in [6, 6.07) is 0. The van der Waals surface area contributed by atoms with Crippen LogP contribution >= 0.6 is 0 Å². The topological polar surface area (TPSA) is 40.5 Å². The van der Waals surface area contributed by atoms with E-state index < -0.39 is 0 Å². The third kappa shape index (κ3) is 186. The minimum absolute atomic E-state index is 0. The average molecular weight is 153 g/mol. The maximum Gasteiger partial charge on any atom is 0.229 e. The van der Waals surface area contributed by atoms with Gasteiger partial charge in [0, 0.05) is 25.2 Å². The van der Waals surface area contributed by atoms with E-state index >= 15 is 0 Å². The van der Waals surface area contributed by atoms with Crippen molar-refractivity contribution in [3.8, 4) is 0 Å². The summed E-state index contributed by atoms with van der Waals surface area (Å²) in [6.45, 7) is -0.250. The van der Waals surface area contributed by atoms with Gasteiger partial charge in [-0.1, -0.05) is 0 Å². The fourth-order valence-electron chi connectivity index (χ4n) is 0. The van der Waals surface area contributed by atoms with Crippen molar-refractivity contribution in [3.63, 3.8) is 0 Å². The Labute approximate surface area is 75.9 Å². The Kier molecular flexibility index (Phi) is 168. The van der Waals surface area contributed by atoms with Gasteiger partial charge in [0.25, 0.3) is 0 Å². The summed E-state index contributed by atoms with van der Waals surface area (Å²) in [5.74, 6) is 4.53. The van der Waals surface area contributed by atoms with E-state index in [1.54, 1.807) is 0 Å². The Morgan fingerprint density at radius 1 is 0.900 bits per heavy atom. The van der Waals surface area contributed by atoms with E-state index in [1.165, 1.54) is 0 Å². The van der Waals surface area contributed by atoms with E-state index in [-0.39, 0.29) is 38.5 Å². The summed E-state index contributed by atoms with van der Waals surface area (Å²) < 4.78 is 0. The smallest absolute Gasteiger partial charge is 0.229 e. The number of hydrogen-bond donors (Lipinski definition) is 2. The van der Waals surface area contributed by atoms with Crippen LogP contribution < -0.4 is 0 Å². The molecule has 2 N–H and O–H groups in total. The zero-order valence-corrected chi connectivity index (χ0v) is 8.16. The molecule has 0 saturated carbocycles. The molecule has 0 spiro atoms. The highest BCUT2D eigenvalue weighted by Gasteiger charge is 1.58. The van der Waals surface area contributed by atoms with Gasteiger partial charge in [0.1, 0.15) is 0 Å². The van der Waals surface area contributed by atoms with Crippen LogP contribution in [0.5, 0.6) is 0 Å². The Hall–Kier alpha value is 0.647. The fourth-order valence-corrected chi connectivity index (χ4v) is 0. The summed E-state index contributed by atoms with van der Waals surface area (Å²) in [5.41, 5.74) is 0. The van der Waals surface area contributed by atoms with Gasteiger partial charge < -0.3 is 10.2 Å². The lowest BCUT2D eigenvalue weighted by Gasteiger charge is -1.70. The Morgan fingerprint density at radius 3 is 1.00 bits per heavy atom. The molecule has 0 bridgehead atoms. The average Bonchev–Trinajstić information content (AvgIpc) is 1.69. The van der Waals surface area contributed by atoms with Crippen LogP contribution in [0.4, 0.5) is 0 Å². The number of hydrogen-bond acceptors (Lipinski definition) is 2. The molecule has 0 aromatic carbocycles. The first-order chi connectivity index (χ1) is 3.33. The second kappa shape index (κ2) is 54.2. The number of aliphatic hydroxyl groups is 2. The normalized spacial score (nSPS) is 4.40. The van der Waals surface area contributed by atoms with Crippen molar-refractivity contribution in [2.24, 2.45) is 0 Å². The molecule has 0 rings (SSSR count). The number of rotatable bonds is 1. The van der Waals surface area contributed by atoms with Crippen molar-refractivity contribution >= 4 is 40.5 Å². The molecular formula is C4H13AlB3O2. The largest absolute Gasteiger partial charge is 0.394 e. The van der Waals surface area contributed by atoms with Crippen molar-refractivity contribution in [1.29, 1.82) is 0 Å². The predicted octanol–water partition coefficient (Wildman–Crippen LogP) is -1.65. The van der Waals surface area contributed by atoms with Crippen LogP contribution in [-0.2, 0) is 0 Å². The van der Waals surface area contributed by atoms with E-state index in [9.17, 15) is 0 Å². The van der Waals surface area contributed by atoms with Gasteiger partial charge in [0.05, 0.1) is 13.2 Å². The van der Waals surface area contributed by atoms with Crippen molar-refractivity contribution < 1.29 is 10.2 Å². The molecule has 0 aliphatic rings. The zero-order valence-electron chi connectivity index (χ0n) is 6.75. The van der Waals surface area contributed by atoms with Gasteiger partial charge in [-0.25, -0.2) is 0 Å². The SMILES string of the molecule is OCCO.[B].[B].[B].[CH3][AlH][CH3]. The van der Waals surface area contributed by atoms with Crippen LogP contribution in [0.3, 0.4) is 0 Å². The zero-order chi connectivity index (χ0) is 6.12. The first kappa shape index (κ1) is 31.1. The minimum Gasteiger partial charge on any atom is -0.394 e. The molecular weight excluding hydrogens is 139 g/mol. The molecule has 0 aliphatic carbocycles. The highest BCUT2D eigenvalue weighted by molar-refractivity contribution is 6.31. The Balaban J connectivity index is -0.0000000131. The van der Waals surface area contributed by atoms with Crippen molar-refractivity contribution in [2.45, 2.75) is 11.6 Å². The highest BCUT2D eigenvalue weighted by atomic mass is 27.1. The van der Waals surface area contributed by atoms with E-state index in [0.717, 1.165) is 0 Å². The van der Waals surface area contributed by atoms with E-state index in [0.29, 0.717) is 15.2 Å². The van der Waals surface area contributed by atoms with E-state index in [2.05, 4.69) is 11.6 Å². The molecule has 0 saturated heterocycles. The molecule has 9 radical (unpaired) electrons. The third-order valence-electron chi connectivity index (χ3n) is 0.1000. The van der Waals surface area contributed by atoms with Gasteiger partial charge in [-0.05, 0) is 0 Å². The van der Waals surface area contributed by atoms with E-state index in [4.69, 9.17) is 10.2 Å². The molecule has 0 aromatic rings. The third-order valence-corrected chi connectivity index (χ3v) is 0.1000. The summed E-state index contributed by atoms with van der Waals surface area (Å²) in [7, 11) is 0. The quantitative estimate of drug-likeness (QED) is 0.442. The van der Waals surface area contributed by atoms with Crippen LogP contribution in [0.2, 0.25) is 11.6 Å². The first-order valence-electron chi connectivity index (χ1n) is 2.55. The molecule has 6 heteroatoms. The van der Waals surface area contributed by atoms with Gasteiger partial charge in [0.2, 0.25) is 15.2 Å². The lowest BCUT2D eigenvalue weighted by molar-refractivity contribution is 0.186. The molecule has 0 atom stereocenters. The molecule has 0 unspecified atom stereocenters. The maximum absolute atomic E-state index is 7.62. The molecule has 10 heavy (non-hydrogen) atoms. The van der Waals surface area contributed by atoms with Gasteiger partial charge in [-0.2, -0.15) is 0 Å². The van der Waals surface area contributed by atoms with Gasteiger partial charge in [-0.15, -0.1) is 11.6 Å². The summed E-state index contributed by atoms with van der Waals surface area (Å²) in [5, 5.41) is 15.2. The van der Waals surface area contributed by atoms with E-state index in [1.807, 2.05) is 0 Å². The monoisotopic (exact) mass is 153 g/mol. The predicted molar refractivity (Wildman–Crippen MR) is 50.3 cm³/mol. The summed E-state index contributed by atoms with van der Waals surface area (Å²) >= 11 is 0.417. The van der Waals surface area contributed by atoms with Crippen molar-refractivity contribution in [3.05, 3.63) is 0 Å². The second-order valence-electron chi connectivity index (χ2n) is 1.15. The highest BCUT2D eigenvalue weighted by Crippen LogP contribution is 1.39.